The third-order valence-electron chi connectivity index (χ3n) is 4.48. The van der Waals surface area contributed by atoms with E-state index >= 15 is 0 Å². The molecule has 2 heterocycles. The number of thiazole rings is 1. The lowest BCUT2D eigenvalue weighted by Gasteiger charge is -2.05. The maximum Gasteiger partial charge on any atom is 0.326 e. The van der Waals surface area contributed by atoms with Crippen molar-refractivity contribution in [2.75, 3.05) is 13.4 Å². The van der Waals surface area contributed by atoms with Crippen molar-refractivity contribution in [2.24, 2.45) is 4.99 Å². The first kappa shape index (κ1) is 20.5. The Morgan fingerprint density at radius 3 is 2.81 bits per heavy atom. The van der Waals surface area contributed by atoms with Crippen LogP contribution < -0.4 is 14.3 Å². The van der Waals surface area contributed by atoms with Gasteiger partial charge in [-0.05, 0) is 30.7 Å². The third-order valence-corrected chi connectivity index (χ3v) is 5.52. The van der Waals surface area contributed by atoms with E-state index in [0.29, 0.717) is 27.3 Å². The van der Waals surface area contributed by atoms with E-state index in [0.717, 1.165) is 11.3 Å². The average molecular weight is 443 g/mol. The molecule has 1 aliphatic heterocycles. The van der Waals surface area contributed by atoms with Crippen LogP contribution in [-0.4, -0.2) is 34.8 Å². The second-order valence-electron chi connectivity index (χ2n) is 6.55. The highest BCUT2D eigenvalue weighted by atomic mass is 32.1. The predicted molar refractivity (Wildman–Crippen MR) is 110 cm³/mol. The van der Waals surface area contributed by atoms with Crippen LogP contribution in [0.4, 0.5) is 5.69 Å². The second-order valence-corrected chi connectivity index (χ2v) is 7.56. The SMILES string of the molecule is CCOC(=O)Cn1c(=NC(=O)Cc2ccc3c(c2)OCO3)sc2cc([N+](=O)[O-])ccc21. The van der Waals surface area contributed by atoms with E-state index < -0.39 is 16.8 Å². The normalized spacial score (nSPS) is 12.9. The number of hydrogen-bond donors (Lipinski definition) is 0. The lowest BCUT2D eigenvalue weighted by molar-refractivity contribution is -0.384. The quantitative estimate of drug-likeness (QED) is 0.326. The molecule has 1 aromatic heterocycles. The molecule has 160 valence electrons. The number of nitro groups is 1. The van der Waals surface area contributed by atoms with Crippen LogP contribution in [0.5, 0.6) is 11.5 Å². The maximum absolute atomic E-state index is 12.6. The molecule has 0 atom stereocenters. The molecule has 31 heavy (non-hydrogen) atoms. The molecular formula is C20H17N3O7S. The largest absolute Gasteiger partial charge is 0.465 e. The summed E-state index contributed by atoms with van der Waals surface area (Å²) in [6, 6.07) is 9.46. The van der Waals surface area contributed by atoms with Gasteiger partial charge >= 0.3 is 5.97 Å². The number of fused-ring (bicyclic) bond motifs is 2. The first-order valence-corrected chi connectivity index (χ1v) is 10.2. The Hall–Kier alpha value is -3.73. The minimum absolute atomic E-state index is 0.0183. The van der Waals surface area contributed by atoms with Gasteiger partial charge in [-0.3, -0.25) is 19.7 Å². The smallest absolute Gasteiger partial charge is 0.326 e. The summed E-state index contributed by atoms with van der Waals surface area (Å²) in [7, 11) is 0. The summed E-state index contributed by atoms with van der Waals surface area (Å²) in [5.74, 6) is 0.256. The first-order chi connectivity index (χ1) is 14.9. The number of rotatable bonds is 6. The zero-order chi connectivity index (χ0) is 22.0. The van der Waals surface area contributed by atoms with Crippen molar-refractivity contribution >= 4 is 39.1 Å². The van der Waals surface area contributed by atoms with Gasteiger partial charge in [-0.25, -0.2) is 0 Å². The van der Waals surface area contributed by atoms with Gasteiger partial charge in [0.2, 0.25) is 6.79 Å². The van der Waals surface area contributed by atoms with E-state index in [1.54, 1.807) is 25.1 Å². The molecule has 1 amide bonds. The number of nitrogens with zero attached hydrogens (tertiary/aromatic N) is 3. The van der Waals surface area contributed by atoms with E-state index in [1.165, 1.54) is 22.8 Å². The highest BCUT2D eigenvalue weighted by Gasteiger charge is 2.17. The van der Waals surface area contributed by atoms with E-state index in [2.05, 4.69) is 4.99 Å². The predicted octanol–water partition coefficient (Wildman–Crippen LogP) is 2.57. The minimum Gasteiger partial charge on any atom is -0.465 e. The van der Waals surface area contributed by atoms with Crippen molar-refractivity contribution in [3.8, 4) is 11.5 Å². The third kappa shape index (κ3) is 4.40. The standard InChI is InChI=1S/C20H17N3O7S/c1-2-28-19(25)10-22-14-5-4-13(23(26)27)9-17(14)31-20(22)21-18(24)8-12-3-6-15-16(7-12)30-11-29-15/h3-7,9H,2,8,10-11H2,1H3. The number of esters is 1. The van der Waals surface area contributed by atoms with E-state index in [4.69, 9.17) is 14.2 Å². The molecule has 11 heteroatoms. The number of nitro benzene ring substituents is 1. The minimum atomic E-state index is -0.504. The molecule has 0 saturated carbocycles. The van der Waals surface area contributed by atoms with Gasteiger partial charge in [0.05, 0.1) is 28.2 Å². The Balaban J connectivity index is 1.69. The van der Waals surface area contributed by atoms with Crippen molar-refractivity contribution in [3.63, 3.8) is 0 Å². The van der Waals surface area contributed by atoms with Gasteiger partial charge in [0.1, 0.15) is 6.54 Å². The molecule has 0 unspecified atom stereocenters. The summed E-state index contributed by atoms with van der Waals surface area (Å²) in [6.07, 6.45) is 0.0183. The van der Waals surface area contributed by atoms with Crippen LogP contribution in [-0.2, 0) is 27.3 Å². The summed E-state index contributed by atoms with van der Waals surface area (Å²) >= 11 is 1.09. The summed E-state index contributed by atoms with van der Waals surface area (Å²) in [5.41, 5.74) is 1.17. The molecule has 10 nitrogen and oxygen atoms in total. The number of non-ortho nitro benzene ring substituents is 1. The van der Waals surface area contributed by atoms with Crippen molar-refractivity contribution in [1.82, 2.24) is 4.57 Å². The van der Waals surface area contributed by atoms with E-state index in [1.807, 2.05) is 0 Å². The molecule has 0 N–H and O–H groups in total. The topological polar surface area (TPSA) is 122 Å². The second kappa shape index (κ2) is 8.56. The Labute approximate surface area is 179 Å². The molecule has 0 spiro atoms. The highest BCUT2D eigenvalue weighted by Crippen LogP contribution is 2.32. The zero-order valence-corrected chi connectivity index (χ0v) is 17.2. The Kier molecular flexibility index (Phi) is 5.67. The fraction of sp³-hybridized carbons (Fsp3) is 0.250. The molecule has 0 saturated heterocycles. The van der Waals surface area contributed by atoms with Crippen LogP contribution in [0, 0.1) is 10.1 Å². The van der Waals surface area contributed by atoms with Crippen LogP contribution in [0.3, 0.4) is 0 Å². The number of hydrogen-bond acceptors (Lipinski definition) is 8. The van der Waals surface area contributed by atoms with Crippen molar-refractivity contribution in [2.45, 2.75) is 19.9 Å². The Morgan fingerprint density at radius 2 is 2.03 bits per heavy atom. The molecule has 3 aromatic rings. The molecule has 0 bridgehead atoms. The fourth-order valence-electron chi connectivity index (χ4n) is 3.12. The molecule has 4 rings (SSSR count). The van der Waals surface area contributed by atoms with Crippen LogP contribution in [0.1, 0.15) is 12.5 Å². The lowest BCUT2D eigenvalue weighted by atomic mass is 10.1. The van der Waals surface area contributed by atoms with Crippen LogP contribution >= 0.6 is 11.3 Å². The van der Waals surface area contributed by atoms with Gasteiger partial charge < -0.3 is 18.8 Å². The van der Waals surface area contributed by atoms with Crippen LogP contribution in [0.25, 0.3) is 10.2 Å². The Morgan fingerprint density at radius 1 is 1.23 bits per heavy atom. The van der Waals surface area contributed by atoms with Crippen LogP contribution in [0.15, 0.2) is 41.4 Å². The Bertz CT molecular complexity index is 1260. The highest BCUT2D eigenvalue weighted by molar-refractivity contribution is 7.16. The number of benzene rings is 2. The monoisotopic (exact) mass is 443 g/mol. The number of aromatic nitrogens is 1. The fourth-order valence-corrected chi connectivity index (χ4v) is 4.20. The van der Waals surface area contributed by atoms with Gasteiger partial charge in [-0.15, -0.1) is 0 Å². The number of ether oxygens (including phenoxy) is 3. The summed E-state index contributed by atoms with van der Waals surface area (Å²) < 4.78 is 17.7. The maximum atomic E-state index is 12.6. The molecule has 2 aromatic carbocycles. The van der Waals surface area contributed by atoms with Crippen molar-refractivity contribution in [3.05, 3.63) is 56.9 Å². The van der Waals surface area contributed by atoms with Crippen molar-refractivity contribution < 1.29 is 28.7 Å². The van der Waals surface area contributed by atoms with E-state index in [-0.39, 0.29) is 36.9 Å². The van der Waals surface area contributed by atoms with Gasteiger partial charge in [0.25, 0.3) is 11.6 Å². The summed E-state index contributed by atoms with van der Waals surface area (Å²) in [4.78, 5) is 39.7. The first-order valence-electron chi connectivity index (χ1n) is 9.34. The number of amides is 1. The van der Waals surface area contributed by atoms with Gasteiger partial charge in [-0.1, -0.05) is 17.4 Å². The van der Waals surface area contributed by atoms with Gasteiger partial charge in [-0.2, -0.15) is 4.99 Å². The summed E-state index contributed by atoms with van der Waals surface area (Å²) in [5, 5.41) is 11.1. The molecule has 0 aliphatic carbocycles. The van der Waals surface area contributed by atoms with E-state index in [9.17, 15) is 19.7 Å². The lowest BCUT2D eigenvalue weighted by Crippen LogP contribution is -2.23. The van der Waals surface area contributed by atoms with Crippen LogP contribution in [0.2, 0.25) is 0 Å². The molecule has 0 radical (unpaired) electrons. The van der Waals surface area contributed by atoms with Crippen molar-refractivity contribution in [1.29, 1.82) is 0 Å². The summed E-state index contributed by atoms with van der Waals surface area (Å²) in [6.45, 7) is 1.88. The zero-order valence-electron chi connectivity index (χ0n) is 16.4. The number of carbonyl (C=O) groups is 2. The molecular weight excluding hydrogens is 426 g/mol. The number of carbonyl (C=O) groups excluding carboxylic acids is 2. The molecule has 1 aliphatic rings. The average Bonchev–Trinajstić information content (AvgIpc) is 3.32. The van der Waals surface area contributed by atoms with Gasteiger partial charge in [0, 0.05) is 12.1 Å². The van der Waals surface area contributed by atoms with Gasteiger partial charge in [0.15, 0.2) is 16.3 Å². The molecule has 0 fully saturated rings.